The summed E-state index contributed by atoms with van der Waals surface area (Å²) in [7, 11) is 1.76. The minimum Gasteiger partial charge on any atom is -0.424 e. The number of aromatic nitrogens is 5. The number of ether oxygens (including phenoxy) is 1. The van der Waals surface area contributed by atoms with Crippen LogP contribution in [0.1, 0.15) is 18.5 Å². The van der Waals surface area contributed by atoms with Crippen LogP contribution < -0.4 is 15.0 Å². The van der Waals surface area contributed by atoms with Gasteiger partial charge in [0, 0.05) is 44.0 Å². The molecule has 2 fully saturated rings. The highest BCUT2D eigenvalue weighted by atomic mass is 35.5. The highest BCUT2D eigenvalue weighted by Crippen LogP contribution is 2.39. The maximum Gasteiger partial charge on any atom is 0.321 e. The monoisotopic (exact) mass is 443 g/mol. The van der Waals surface area contributed by atoms with Gasteiger partial charge in [-0.05, 0) is 43.7 Å². The number of benzene rings is 1. The Bertz CT molecular complexity index is 1090. The average Bonchev–Trinajstić information content (AvgIpc) is 3.18. The summed E-state index contributed by atoms with van der Waals surface area (Å²) in [6.45, 7) is 3.87. The molecule has 1 aliphatic heterocycles. The fourth-order valence-corrected chi connectivity index (χ4v) is 4.74. The Morgan fingerprint density at radius 3 is 2.65 bits per heavy atom. The smallest absolute Gasteiger partial charge is 0.321 e. The van der Waals surface area contributed by atoms with Crippen LogP contribution in [0.15, 0.2) is 30.6 Å². The zero-order chi connectivity index (χ0) is 21.5. The van der Waals surface area contributed by atoms with Gasteiger partial charge in [0.2, 0.25) is 5.95 Å². The molecule has 3 heterocycles. The lowest BCUT2D eigenvalue weighted by atomic mass is 9.92. The summed E-state index contributed by atoms with van der Waals surface area (Å²) in [6, 6.07) is 6.84. The number of rotatable bonds is 5. The molecule has 0 radical (unpaired) electrons. The molecular formula is C21H23ClFN7O. The first kappa shape index (κ1) is 20.0. The van der Waals surface area contributed by atoms with Crippen LogP contribution in [-0.4, -0.2) is 43.9 Å². The van der Waals surface area contributed by atoms with Gasteiger partial charge >= 0.3 is 6.01 Å². The van der Waals surface area contributed by atoms with Crippen LogP contribution in [0.5, 0.6) is 11.8 Å². The number of halogens is 2. The van der Waals surface area contributed by atoms with Crippen molar-refractivity contribution in [3.05, 3.63) is 47.1 Å². The molecule has 31 heavy (non-hydrogen) atoms. The quantitative estimate of drug-likeness (QED) is 0.641. The first-order chi connectivity index (χ1) is 15.0. The van der Waals surface area contributed by atoms with E-state index < -0.39 is 5.82 Å². The third kappa shape index (κ3) is 4.01. The summed E-state index contributed by atoms with van der Waals surface area (Å²) in [6.07, 6.45) is 3.95. The van der Waals surface area contributed by atoms with Crippen LogP contribution >= 0.6 is 11.6 Å². The first-order valence-electron chi connectivity index (χ1n) is 10.3. The summed E-state index contributed by atoms with van der Waals surface area (Å²) in [5.41, 5.74) is 0.977. The number of nitrogens with one attached hydrogen (secondary N) is 1. The molecule has 162 valence electrons. The number of fused-ring (bicyclic) bond motifs is 2. The molecule has 10 heteroatoms. The molecule has 1 aliphatic carbocycles. The van der Waals surface area contributed by atoms with E-state index in [1.807, 2.05) is 13.0 Å². The maximum atomic E-state index is 13.4. The van der Waals surface area contributed by atoms with Crippen LogP contribution in [0.3, 0.4) is 0 Å². The molecule has 1 aromatic carbocycles. The largest absolute Gasteiger partial charge is 0.424 e. The van der Waals surface area contributed by atoms with Crippen molar-refractivity contribution in [2.24, 2.45) is 18.9 Å². The second-order valence-electron chi connectivity index (χ2n) is 8.21. The zero-order valence-electron chi connectivity index (χ0n) is 17.3. The lowest BCUT2D eigenvalue weighted by molar-refractivity contribution is 0.374. The molecule has 5 rings (SSSR count). The van der Waals surface area contributed by atoms with E-state index in [9.17, 15) is 4.39 Å². The molecule has 0 amide bonds. The van der Waals surface area contributed by atoms with Gasteiger partial charge in [0.05, 0.1) is 5.02 Å². The Morgan fingerprint density at radius 2 is 1.94 bits per heavy atom. The molecule has 2 aliphatic rings. The molecule has 1 N–H and O–H groups in total. The Balaban J connectivity index is 1.28. The second-order valence-corrected chi connectivity index (χ2v) is 8.62. The van der Waals surface area contributed by atoms with Crippen LogP contribution in [-0.2, 0) is 7.05 Å². The Kier molecular flexibility index (Phi) is 5.13. The van der Waals surface area contributed by atoms with E-state index in [1.165, 1.54) is 18.2 Å². The van der Waals surface area contributed by atoms with Crippen molar-refractivity contribution in [2.75, 3.05) is 23.3 Å². The molecule has 0 spiro atoms. The number of nitrogens with zero attached hydrogens (tertiary/aromatic N) is 6. The van der Waals surface area contributed by atoms with E-state index in [-0.39, 0.29) is 5.02 Å². The van der Waals surface area contributed by atoms with Gasteiger partial charge in [-0.1, -0.05) is 11.6 Å². The van der Waals surface area contributed by atoms with Crippen molar-refractivity contribution in [3.8, 4) is 11.8 Å². The Labute approximate surface area is 184 Å². The third-order valence-electron chi connectivity index (χ3n) is 6.07. The highest BCUT2D eigenvalue weighted by molar-refractivity contribution is 6.30. The molecular weight excluding hydrogens is 421 g/mol. The summed E-state index contributed by atoms with van der Waals surface area (Å²) < 4.78 is 20.7. The first-order valence-corrected chi connectivity index (χ1v) is 10.7. The molecule has 2 bridgehead atoms. The maximum absolute atomic E-state index is 13.4. The van der Waals surface area contributed by atoms with Gasteiger partial charge in [0.25, 0.3) is 0 Å². The topological polar surface area (TPSA) is 81.0 Å². The van der Waals surface area contributed by atoms with E-state index in [0.29, 0.717) is 35.6 Å². The van der Waals surface area contributed by atoms with Crippen LogP contribution in [0, 0.1) is 24.6 Å². The van der Waals surface area contributed by atoms with Crippen molar-refractivity contribution < 1.29 is 9.13 Å². The lowest BCUT2D eigenvalue weighted by Crippen LogP contribution is -2.48. The van der Waals surface area contributed by atoms with Gasteiger partial charge in [0.15, 0.2) is 0 Å². The molecule has 0 unspecified atom stereocenters. The van der Waals surface area contributed by atoms with Crippen LogP contribution in [0.25, 0.3) is 0 Å². The second kappa shape index (κ2) is 7.96. The lowest BCUT2D eigenvalue weighted by Gasteiger charge is -2.38. The van der Waals surface area contributed by atoms with E-state index in [4.69, 9.17) is 16.3 Å². The number of piperidine rings is 1. The van der Waals surface area contributed by atoms with Gasteiger partial charge in [-0.3, -0.25) is 0 Å². The predicted octanol–water partition coefficient (Wildman–Crippen LogP) is 3.83. The predicted molar refractivity (Wildman–Crippen MR) is 115 cm³/mol. The highest BCUT2D eigenvalue weighted by Gasteiger charge is 2.43. The van der Waals surface area contributed by atoms with Gasteiger partial charge < -0.3 is 15.0 Å². The number of anilines is 2. The minimum atomic E-state index is -0.492. The van der Waals surface area contributed by atoms with Crippen molar-refractivity contribution >= 4 is 23.4 Å². The average molecular weight is 444 g/mol. The number of aryl methyl sites for hydroxylation is 2. The summed E-state index contributed by atoms with van der Waals surface area (Å²) in [4.78, 5) is 15.5. The Hall–Kier alpha value is -2.94. The molecule has 8 nitrogen and oxygen atoms in total. The minimum absolute atomic E-state index is 0.000216. The SMILES string of the molecule is Cc1cc(N2C[C@H]3CC[C@@H](C2)[C@@H]3Nc2nc(Oc3ccc(F)c(Cl)c3)n(C)n2)ncn1. The third-order valence-corrected chi connectivity index (χ3v) is 6.36. The normalized spacial score (nSPS) is 22.6. The van der Waals surface area contributed by atoms with E-state index in [2.05, 4.69) is 30.3 Å². The summed E-state index contributed by atoms with van der Waals surface area (Å²) in [5.74, 6) is 2.40. The van der Waals surface area contributed by atoms with Gasteiger partial charge in [-0.25, -0.2) is 19.0 Å². The fraction of sp³-hybridized carbons (Fsp3) is 0.429. The standard InChI is InChI=1S/C21H23ClFN7O/c1-12-7-18(25-11-24-12)30-9-13-3-4-14(10-30)19(13)26-20-27-21(29(2)28-20)31-15-5-6-17(23)16(22)8-15/h5-8,11,13-14,19H,3-4,9-10H2,1-2H3,(H,26,28)/t13-,14+,19-. The van der Waals surface area contributed by atoms with E-state index in [0.717, 1.165) is 37.4 Å². The van der Waals surface area contributed by atoms with Crippen LogP contribution in [0.2, 0.25) is 5.02 Å². The molecule has 1 saturated heterocycles. The van der Waals surface area contributed by atoms with Gasteiger partial charge in [-0.15, -0.1) is 5.10 Å². The molecule has 1 saturated carbocycles. The number of hydrogen-bond acceptors (Lipinski definition) is 7. The Morgan fingerprint density at radius 1 is 1.16 bits per heavy atom. The molecule has 3 aromatic rings. The van der Waals surface area contributed by atoms with Crippen molar-refractivity contribution in [1.29, 1.82) is 0 Å². The number of hydrogen-bond donors (Lipinski definition) is 1. The molecule has 2 aromatic heterocycles. The van der Waals surface area contributed by atoms with Crippen molar-refractivity contribution in [3.63, 3.8) is 0 Å². The molecule has 3 atom stereocenters. The summed E-state index contributed by atoms with van der Waals surface area (Å²) >= 11 is 5.84. The zero-order valence-corrected chi connectivity index (χ0v) is 18.1. The van der Waals surface area contributed by atoms with Gasteiger partial charge in [-0.2, -0.15) is 4.98 Å². The van der Waals surface area contributed by atoms with E-state index in [1.54, 1.807) is 18.1 Å². The van der Waals surface area contributed by atoms with E-state index >= 15 is 0 Å². The van der Waals surface area contributed by atoms with Gasteiger partial charge in [0.1, 0.15) is 23.7 Å². The van der Waals surface area contributed by atoms with Crippen LogP contribution in [0.4, 0.5) is 16.2 Å². The summed E-state index contributed by atoms with van der Waals surface area (Å²) in [5, 5.41) is 7.98. The van der Waals surface area contributed by atoms with Crippen molar-refractivity contribution in [1.82, 2.24) is 24.7 Å². The fourth-order valence-electron chi connectivity index (χ4n) is 4.57. The van der Waals surface area contributed by atoms with Crippen molar-refractivity contribution in [2.45, 2.75) is 25.8 Å².